The van der Waals surface area contributed by atoms with Crippen molar-refractivity contribution in [2.75, 3.05) is 0 Å². The minimum Gasteiger partial charge on any atom is -0.393 e. The van der Waals surface area contributed by atoms with Crippen LogP contribution in [0.3, 0.4) is 0 Å². The van der Waals surface area contributed by atoms with Crippen molar-refractivity contribution in [3.8, 4) is 0 Å². The Morgan fingerprint density at radius 1 is 1.32 bits per heavy atom. The quantitative estimate of drug-likeness (QED) is 0.841. The number of rotatable bonds is 2. The number of fused-ring (bicyclic) bond motifs is 2. The average Bonchev–Trinajstić information content (AvgIpc) is 2.70. The Morgan fingerprint density at radius 2 is 2.00 bits per heavy atom. The molecular weight excluding hydrogens is 240 g/mol. The van der Waals surface area contributed by atoms with Crippen molar-refractivity contribution in [1.29, 1.82) is 0 Å². The van der Waals surface area contributed by atoms with E-state index in [0.29, 0.717) is 6.54 Å². The molecule has 2 bridgehead atoms. The van der Waals surface area contributed by atoms with E-state index < -0.39 is 0 Å². The summed E-state index contributed by atoms with van der Waals surface area (Å²) in [5.41, 5.74) is 7.32. The van der Waals surface area contributed by atoms with E-state index >= 15 is 0 Å². The van der Waals surface area contributed by atoms with Gasteiger partial charge in [0.1, 0.15) is 0 Å². The van der Waals surface area contributed by atoms with Gasteiger partial charge in [-0.2, -0.15) is 0 Å². The summed E-state index contributed by atoms with van der Waals surface area (Å²) in [4.78, 5) is 14.6. The molecule has 2 unspecified atom stereocenters. The molecule has 0 radical (unpaired) electrons. The molecule has 4 nitrogen and oxygen atoms in total. The zero-order chi connectivity index (χ0) is 13.4. The van der Waals surface area contributed by atoms with Crippen LogP contribution in [0.15, 0.2) is 24.3 Å². The van der Waals surface area contributed by atoms with E-state index in [0.717, 1.165) is 36.8 Å². The van der Waals surface area contributed by atoms with Crippen LogP contribution < -0.4 is 5.73 Å². The van der Waals surface area contributed by atoms with Crippen LogP contribution in [0.25, 0.3) is 0 Å². The lowest BCUT2D eigenvalue weighted by Crippen LogP contribution is -2.48. The Kier molecular flexibility index (Phi) is 3.29. The highest BCUT2D eigenvalue weighted by molar-refractivity contribution is 5.95. The molecule has 2 aliphatic heterocycles. The van der Waals surface area contributed by atoms with Gasteiger partial charge in [0.15, 0.2) is 0 Å². The van der Waals surface area contributed by atoms with Gasteiger partial charge >= 0.3 is 0 Å². The number of amides is 1. The Morgan fingerprint density at radius 3 is 2.63 bits per heavy atom. The molecule has 2 saturated heterocycles. The van der Waals surface area contributed by atoms with Gasteiger partial charge in [-0.15, -0.1) is 0 Å². The van der Waals surface area contributed by atoms with E-state index in [1.54, 1.807) is 0 Å². The van der Waals surface area contributed by atoms with Crippen LogP contribution >= 0.6 is 0 Å². The standard InChI is InChI=1S/C15H20N2O2/c16-9-10-2-1-3-11(6-10)15(19)17-12-4-5-13(17)8-14(18)7-12/h1-3,6,12-14,18H,4-5,7-9,16H2. The van der Waals surface area contributed by atoms with Crippen LogP contribution in [-0.2, 0) is 6.54 Å². The topological polar surface area (TPSA) is 66.6 Å². The van der Waals surface area contributed by atoms with Gasteiger partial charge in [-0.25, -0.2) is 0 Å². The summed E-state index contributed by atoms with van der Waals surface area (Å²) >= 11 is 0. The molecule has 4 heteroatoms. The number of carbonyl (C=O) groups is 1. The first kappa shape index (κ1) is 12.6. The summed E-state index contributed by atoms with van der Waals surface area (Å²) in [5, 5.41) is 9.79. The largest absolute Gasteiger partial charge is 0.393 e. The van der Waals surface area contributed by atoms with Crippen LogP contribution in [0.5, 0.6) is 0 Å². The van der Waals surface area contributed by atoms with Gasteiger partial charge in [-0.05, 0) is 43.4 Å². The van der Waals surface area contributed by atoms with E-state index in [-0.39, 0.29) is 24.1 Å². The van der Waals surface area contributed by atoms with Crippen molar-refractivity contribution in [2.45, 2.75) is 50.4 Å². The highest BCUT2D eigenvalue weighted by atomic mass is 16.3. The Hall–Kier alpha value is -1.39. The molecule has 1 aromatic rings. The molecule has 102 valence electrons. The van der Waals surface area contributed by atoms with Crippen LogP contribution in [0.2, 0.25) is 0 Å². The molecule has 0 spiro atoms. The average molecular weight is 260 g/mol. The number of hydrogen-bond donors (Lipinski definition) is 2. The zero-order valence-corrected chi connectivity index (χ0v) is 11.0. The van der Waals surface area contributed by atoms with Crippen LogP contribution in [0.4, 0.5) is 0 Å². The molecule has 2 aliphatic rings. The van der Waals surface area contributed by atoms with E-state index in [4.69, 9.17) is 5.73 Å². The minimum absolute atomic E-state index is 0.0923. The van der Waals surface area contributed by atoms with Gasteiger partial charge < -0.3 is 15.7 Å². The van der Waals surface area contributed by atoms with Crippen molar-refractivity contribution in [1.82, 2.24) is 4.90 Å². The van der Waals surface area contributed by atoms with Gasteiger partial charge in [0.2, 0.25) is 0 Å². The second-order valence-corrected chi connectivity index (χ2v) is 5.63. The first-order valence-electron chi connectivity index (χ1n) is 6.98. The maximum Gasteiger partial charge on any atom is 0.254 e. The maximum absolute atomic E-state index is 12.6. The first-order valence-corrected chi connectivity index (χ1v) is 6.98. The Bertz CT molecular complexity index is 475. The number of hydrogen-bond acceptors (Lipinski definition) is 3. The first-order chi connectivity index (χ1) is 9.19. The van der Waals surface area contributed by atoms with E-state index in [1.165, 1.54) is 0 Å². The lowest BCUT2D eigenvalue weighted by Gasteiger charge is -2.37. The third kappa shape index (κ3) is 2.26. The molecule has 3 rings (SSSR count). The monoisotopic (exact) mass is 260 g/mol. The molecule has 3 N–H and O–H groups in total. The molecule has 0 saturated carbocycles. The smallest absolute Gasteiger partial charge is 0.254 e. The fourth-order valence-corrected chi connectivity index (χ4v) is 3.46. The third-order valence-electron chi connectivity index (χ3n) is 4.35. The fourth-order valence-electron chi connectivity index (χ4n) is 3.46. The summed E-state index contributed by atoms with van der Waals surface area (Å²) < 4.78 is 0. The van der Waals surface area contributed by atoms with Crippen molar-refractivity contribution < 1.29 is 9.90 Å². The summed E-state index contributed by atoms with van der Waals surface area (Å²) in [5.74, 6) is 0.0923. The van der Waals surface area contributed by atoms with Crippen LogP contribution in [-0.4, -0.2) is 34.1 Å². The second-order valence-electron chi connectivity index (χ2n) is 5.63. The summed E-state index contributed by atoms with van der Waals surface area (Å²) in [6, 6.07) is 7.98. The number of piperidine rings is 1. The van der Waals surface area contributed by atoms with Gasteiger partial charge in [-0.1, -0.05) is 12.1 Å². The van der Waals surface area contributed by atoms with Crippen molar-refractivity contribution in [3.05, 3.63) is 35.4 Å². The van der Waals surface area contributed by atoms with Crippen LogP contribution in [0, 0.1) is 0 Å². The number of aliphatic hydroxyl groups is 1. The molecule has 0 aromatic heterocycles. The Labute approximate surface area is 113 Å². The van der Waals surface area contributed by atoms with Gasteiger partial charge in [0.25, 0.3) is 5.91 Å². The summed E-state index contributed by atoms with van der Waals surface area (Å²) in [7, 11) is 0. The fraction of sp³-hybridized carbons (Fsp3) is 0.533. The minimum atomic E-state index is -0.239. The molecule has 1 amide bonds. The van der Waals surface area contributed by atoms with Gasteiger partial charge in [0, 0.05) is 24.2 Å². The number of nitrogens with two attached hydrogens (primary N) is 1. The summed E-state index contributed by atoms with van der Waals surface area (Å²) in [6.07, 6.45) is 3.24. The van der Waals surface area contributed by atoms with E-state index in [1.807, 2.05) is 29.2 Å². The van der Waals surface area contributed by atoms with Crippen molar-refractivity contribution in [3.63, 3.8) is 0 Å². The molecule has 1 aromatic carbocycles. The zero-order valence-electron chi connectivity index (χ0n) is 11.0. The van der Waals surface area contributed by atoms with Crippen molar-refractivity contribution >= 4 is 5.91 Å². The highest BCUT2D eigenvalue weighted by Gasteiger charge is 2.42. The van der Waals surface area contributed by atoms with Gasteiger partial charge in [0.05, 0.1) is 6.10 Å². The SMILES string of the molecule is NCc1cccc(C(=O)N2C3CCC2CC(O)C3)c1. The molecule has 0 aliphatic carbocycles. The molecule has 2 atom stereocenters. The summed E-state index contributed by atoms with van der Waals surface area (Å²) in [6.45, 7) is 0.451. The second kappa shape index (κ2) is 4.94. The lowest BCUT2D eigenvalue weighted by molar-refractivity contribution is 0.0287. The Balaban J connectivity index is 1.84. The van der Waals surface area contributed by atoms with Crippen molar-refractivity contribution in [2.24, 2.45) is 5.73 Å². The van der Waals surface area contributed by atoms with Crippen LogP contribution in [0.1, 0.15) is 41.6 Å². The number of carbonyl (C=O) groups excluding carboxylic acids is 1. The predicted molar refractivity (Wildman–Crippen MR) is 72.6 cm³/mol. The maximum atomic E-state index is 12.6. The highest BCUT2D eigenvalue weighted by Crippen LogP contribution is 2.36. The number of benzene rings is 1. The van der Waals surface area contributed by atoms with E-state index in [9.17, 15) is 9.90 Å². The third-order valence-corrected chi connectivity index (χ3v) is 4.35. The molecule has 2 fully saturated rings. The molecule has 2 heterocycles. The molecule has 19 heavy (non-hydrogen) atoms. The lowest BCUT2D eigenvalue weighted by atomic mass is 9.98. The number of nitrogens with zero attached hydrogens (tertiary/aromatic N) is 1. The van der Waals surface area contributed by atoms with Gasteiger partial charge in [-0.3, -0.25) is 4.79 Å². The normalized spacial score (nSPS) is 29.6. The van der Waals surface area contributed by atoms with E-state index in [2.05, 4.69) is 0 Å². The number of aliphatic hydroxyl groups excluding tert-OH is 1. The molecular formula is C15H20N2O2. The predicted octanol–water partition coefficient (Wildman–Crippen LogP) is 1.27.